The van der Waals surface area contributed by atoms with Crippen LogP contribution >= 0.6 is 0 Å². The minimum atomic E-state index is -4.42. The van der Waals surface area contributed by atoms with Crippen molar-refractivity contribution in [3.05, 3.63) is 128 Å². The molecule has 0 unspecified atom stereocenters. The lowest BCUT2D eigenvalue weighted by molar-refractivity contribution is 0.487. The van der Waals surface area contributed by atoms with Gasteiger partial charge in [-0.15, -0.1) is 0 Å². The van der Waals surface area contributed by atoms with E-state index in [9.17, 15) is 22.8 Å². The maximum absolute atomic E-state index is 13.8. The minimum absolute atomic E-state index is 0.102. The highest BCUT2D eigenvalue weighted by Crippen LogP contribution is 2.25. The average Bonchev–Trinajstić information content (AvgIpc) is 2.88. The third-order valence-electron chi connectivity index (χ3n) is 5.92. The Labute approximate surface area is 211 Å². The maximum Gasteiger partial charge on any atom is 0.341 e. The van der Waals surface area contributed by atoms with Crippen LogP contribution in [-0.2, 0) is 17.2 Å². The number of pyridine rings is 1. The monoisotopic (exact) mass is 515 g/mol. The highest BCUT2D eigenvalue weighted by atomic mass is 32.2. The van der Waals surface area contributed by atoms with E-state index < -0.39 is 32.7 Å². The second-order valence-corrected chi connectivity index (χ2v) is 9.93. The van der Waals surface area contributed by atoms with Gasteiger partial charge in [-0.1, -0.05) is 54.1 Å². The summed E-state index contributed by atoms with van der Waals surface area (Å²) in [6, 6.07) is 23.5. The zero-order valence-electron chi connectivity index (χ0n) is 19.9. The molecule has 3 aromatic carbocycles. The van der Waals surface area contributed by atoms with Crippen LogP contribution in [0.2, 0.25) is 0 Å². The van der Waals surface area contributed by atoms with Crippen LogP contribution in [-0.4, -0.2) is 22.1 Å². The number of hydrogen-bond donors (Lipinski definition) is 0. The van der Waals surface area contributed by atoms with Crippen molar-refractivity contribution in [1.82, 2.24) is 13.7 Å². The van der Waals surface area contributed by atoms with E-state index >= 15 is 0 Å². The average molecular weight is 516 g/mol. The molecule has 0 bridgehead atoms. The second-order valence-electron chi connectivity index (χ2n) is 8.38. The van der Waals surface area contributed by atoms with E-state index in [1.54, 1.807) is 79.7 Å². The zero-order chi connectivity index (χ0) is 26.3. The predicted molar refractivity (Wildman–Crippen MR) is 139 cm³/mol. The molecule has 0 saturated carbocycles. The fraction of sp³-hybridized carbons (Fsp3) is 0.0741. The molecule has 0 fully saturated rings. The van der Waals surface area contributed by atoms with Crippen LogP contribution in [0.25, 0.3) is 22.4 Å². The summed E-state index contributed by atoms with van der Waals surface area (Å²) in [5.74, 6) is -0.474. The summed E-state index contributed by atoms with van der Waals surface area (Å²) in [4.78, 5) is 40.4. The number of nitrogens with zero attached hydrogens (tertiary/aromatic N) is 3. The first kappa shape index (κ1) is 24.0. The minimum Gasteiger partial charge on any atom is -0.378 e. The molecule has 37 heavy (non-hydrogen) atoms. The number of aromatic nitrogens is 3. The Morgan fingerprint density at radius 2 is 1.27 bits per heavy atom. The Hall–Kier alpha value is -4.70. The van der Waals surface area contributed by atoms with E-state index in [2.05, 4.69) is 0 Å². The molecule has 0 radical (unpaired) electrons. The number of para-hydroxylation sites is 2. The summed E-state index contributed by atoms with van der Waals surface area (Å²) in [6.07, 6.45) is 0. The number of rotatable bonds is 5. The van der Waals surface area contributed by atoms with Crippen molar-refractivity contribution in [2.75, 3.05) is 0 Å². The number of aryl methyl sites for hydroxylation is 2. The van der Waals surface area contributed by atoms with Crippen molar-refractivity contribution >= 4 is 21.2 Å². The van der Waals surface area contributed by atoms with E-state index in [0.717, 1.165) is 20.8 Å². The smallest absolute Gasteiger partial charge is 0.341 e. The van der Waals surface area contributed by atoms with Gasteiger partial charge in [0, 0.05) is 13.1 Å². The third kappa shape index (κ3) is 4.17. The fourth-order valence-electron chi connectivity index (χ4n) is 4.07. The van der Waals surface area contributed by atoms with Crippen molar-refractivity contribution < 1.29 is 12.6 Å². The lowest BCUT2D eigenvalue weighted by atomic mass is 10.2. The molecule has 0 aliphatic rings. The molecular weight excluding hydrogens is 494 g/mol. The second kappa shape index (κ2) is 9.07. The number of fused-ring (bicyclic) bond motifs is 1. The summed E-state index contributed by atoms with van der Waals surface area (Å²) in [5, 5.41) is -0.245. The van der Waals surface area contributed by atoms with E-state index in [0.29, 0.717) is 5.69 Å². The van der Waals surface area contributed by atoms with Gasteiger partial charge < -0.3 is 4.18 Å². The molecule has 0 N–H and O–H groups in total. The molecule has 0 amide bonds. The topological polar surface area (TPSA) is 109 Å². The van der Waals surface area contributed by atoms with Crippen molar-refractivity contribution in [2.45, 2.75) is 11.8 Å². The van der Waals surface area contributed by atoms with Crippen LogP contribution in [0.15, 0.2) is 110 Å². The molecule has 5 aromatic rings. The van der Waals surface area contributed by atoms with Gasteiger partial charge in [0.1, 0.15) is 15.9 Å². The van der Waals surface area contributed by atoms with Gasteiger partial charge in [0.25, 0.3) is 11.1 Å². The highest BCUT2D eigenvalue weighted by molar-refractivity contribution is 7.87. The Kier molecular flexibility index (Phi) is 5.88. The van der Waals surface area contributed by atoms with Crippen LogP contribution in [0.5, 0.6) is 5.75 Å². The Bertz CT molecular complexity index is 1920. The van der Waals surface area contributed by atoms with Gasteiger partial charge in [0.15, 0.2) is 5.75 Å². The lowest BCUT2D eigenvalue weighted by Crippen LogP contribution is -2.40. The van der Waals surface area contributed by atoms with Gasteiger partial charge in [-0.2, -0.15) is 8.42 Å². The van der Waals surface area contributed by atoms with Crippen molar-refractivity contribution in [3.63, 3.8) is 0 Å². The Balaban J connectivity index is 1.92. The molecule has 5 rings (SSSR count). The first-order valence-electron chi connectivity index (χ1n) is 11.2. The summed E-state index contributed by atoms with van der Waals surface area (Å²) in [6.45, 7) is 1.81. The molecule has 2 heterocycles. The van der Waals surface area contributed by atoms with Crippen LogP contribution in [0.1, 0.15) is 5.56 Å². The predicted octanol–water partition coefficient (Wildman–Crippen LogP) is 2.92. The normalized spacial score (nSPS) is 11.5. The van der Waals surface area contributed by atoms with Crippen LogP contribution in [0, 0.1) is 6.92 Å². The van der Waals surface area contributed by atoms with Crippen LogP contribution in [0.3, 0.4) is 0 Å². The SMILES string of the molecule is Cc1ccc(S(=O)(=O)Oc2cc(=O)n(C)c3c2c(=O)n(-c2ccccc2)c(=O)n3-c2ccccc2)cc1. The maximum atomic E-state index is 13.8. The first-order valence-corrected chi connectivity index (χ1v) is 12.6. The lowest BCUT2D eigenvalue weighted by Gasteiger charge is -2.18. The van der Waals surface area contributed by atoms with Gasteiger partial charge in [-0.3, -0.25) is 14.2 Å². The first-order chi connectivity index (χ1) is 17.7. The summed E-state index contributed by atoms with van der Waals surface area (Å²) in [5.41, 5.74) is -0.847. The highest BCUT2D eigenvalue weighted by Gasteiger charge is 2.26. The molecule has 0 atom stereocenters. The molecular formula is C27H21N3O6S. The van der Waals surface area contributed by atoms with Crippen molar-refractivity contribution in [2.24, 2.45) is 7.05 Å². The standard InChI is InChI=1S/C27H21N3O6S/c1-18-13-15-21(16-14-18)37(34,35)36-22-17-23(31)28(2)25-24(22)26(32)30(20-11-7-4-8-12-20)27(33)29(25)19-9-5-3-6-10-19/h3-17H,1-2H3. The van der Waals surface area contributed by atoms with Crippen molar-refractivity contribution in [1.29, 1.82) is 0 Å². The Morgan fingerprint density at radius 3 is 1.84 bits per heavy atom. The number of benzene rings is 3. The van der Waals surface area contributed by atoms with E-state index in [1.807, 2.05) is 0 Å². The van der Waals surface area contributed by atoms with Gasteiger partial charge in [-0.05, 0) is 43.3 Å². The third-order valence-corrected chi connectivity index (χ3v) is 7.17. The quantitative estimate of drug-likeness (QED) is 0.333. The molecule has 2 aromatic heterocycles. The molecule has 0 aliphatic heterocycles. The van der Waals surface area contributed by atoms with Gasteiger partial charge in [-0.25, -0.2) is 13.9 Å². The Morgan fingerprint density at radius 1 is 0.730 bits per heavy atom. The van der Waals surface area contributed by atoms with E-state index in [4.69, 9.17) is 4.18 Å². The molecule has 0 aliphatic carbocycles. The largest absolute Gasteiger partial charge is 0.378 e. The molecule has 0 saturated heterocycles. The fourth-order valence-corrected chi connectivity index (χ4v) is 5.00. The van der Waals surface area contributed by atoms with Gasteiger partial charge in [0.05, 0.1) is 11.4 Å². The molecule has 10 heteroatoms. The molecule has 0 spiro atoms. The van der Waals surface area contributed by atoms with E-state index in [-0.39, 0.29) is 21.6 Å². The molecule has 186 valence electrons. The summed E-state index contributed by atoms with van der Waals surface area (Å²) < 4.78 is 34.9. The van der Waals surface area contributed by atoms with Crippen LogP contribution < -0.4 is 21.0 Å². The summed E-state index contributed by atoms with van der Waals surface area (Å²) in [7, 11) is -3.02. The summed E-state index contributed by atoms with van der Waals surface area (Å²) >= 11 is 0. The zero-order valence-corrected chi connectivity index (χ0v) is 20.7. The van der Waals surface area contributed by atoms with Crippen LogP contribution in [0.4, 0.5) is 0 Å². The van der Waals surface area contributed by atoms with Crippen molar-refractivity contribution in [3.8, 4) is 17.1 Å². The molecule has 9 nitrogen and oxygen atoms in total. The van der Waals surface area contributed by atoms with E-state index in [1.165, 1.54) is 23.7 Å². The van der Waals surface area contributed by atoms with Gasteiger partial charge in [0.2, 0.25) is 0 Å². The van der Waals surface area contributed by atoms with Gasteiger partial charge >= 0.3 is 15.8 Å². The number of hydrogen-bond acceptors (Lipinski definition) is 6.